The third-order valence-electron chi connectivity index (χ3n) is 3.60. The van der Waals surface area contributed by atoms with Crippen LogP contribution in [0.25, 0.3) is 10.1 Å². The Morgan fingerprint density at radius 3 is 2.35 bits per heavy atom. The molecule has 0 fully saturated rings. The fourth-order valence-electron chi connectivity index (χ4n) is 2.22. The van der Waals surface area contributed by atoms with Gasteiger partial charge in [-0.05, 0) is 36.6 Å². The number of fused-ring (bicyclic) bond motifs is 1. The van der Waals surface area contributed by atoms with Gasteiger partial charge in [-0.2, -0.15) is 0 Å². The van der Waals surface area contributed by atoms with Crippen LogP contribution in [0.15, 0.2) is 59.5 Å². The van der Waals surface area contributed by atoms with Gasteiger partial charge in [0.05, 0.1) is 9.77 Å². The fourth-order valence-corrected chi connectivity index (χ4v) is 4.43. The normalized spacial score (nSPS) is 11.6. The van der Waals surface area contributed by atoms with E-state index in [0.717, 1.165) is 20.0 Å². The molecule has 1 heterocycles. The third-order valence-corrected chi connectivity index (χ3v) is 6.46. The van der Waals surface area contributed by atoms with E-state index in [1.54, 1.807) is 18.2 Å². The van der Waals surface area contributed by atoms with Crippen molar-refractivity contribution in [1.29, 1.82) is 0 Å². The van der Waals surface area contributed by atoms with E-state index < -0.39 is 15.9 Å². The summed E-state index contributed by atoms with van der Waals surface area (Å²) in [5.41, 5.74) is 0.961. The summed E-state index contributed by atoms with van der Waals surface area (Å²) in [4.78, 5) is 13.1. The molecule has 0 aliphatic carbocycles. The molecule has 1 amide bonds. The highest BCUT2D eigenvalue weighted by Crippen LogP contribution is 2.27. The second-order valence-electron chi connectivity index (χ2n) is 5.24. The van der Waals surface area contributed by atoms with Gasteiger partial charge in [-0.1, -0.05) is 35.9 Å². The minimum absolute atomic E-state index is 0.111. The molecule has 0 saturated heterocycles. The lowest BCUT2D eigenvalue weighted by Gasteiger charge is -2.16. The Morgan fingerprint density at radius 1 is 1.04 bits per heavy atom. The largest absolute Gasteiger partial charge is 0.277 e. The first-order valence-electron chi connectivity index (χ1n) is 6.98. The van der Waals surface area contributed by atoms with Crippen molar-refractivity contribution in [2.24, 2.45) is 0 Å². The van der Waals surface area contributed by atoms with Gasteiger partial charge in [0, 0.05) is 11.7 Å². The van der Waals surface area contributed by atoms with E-state index in [0.29, 0.717) is 4.88 Å². The standard InChI is InChI=1S/C17H15NO3S2/c1-12-7-9-14(10-8-12)23(20,21)18(2)17(19)16-11-13-5-3-4-6-15(13)22-16/h3-11H,1-2H3. The van der Waals surface area contributed by atoms with Gasteiger partial charge in [-0.15, -0.1) is 11.3 Å². The van der Waals surface area contributed by atoms with Gasteiger partial charge >= 0.3 is 0 Å². The second-order valence-corrected chi connectivity index (χ2v) is 8.29. The highest BCUT2D eigenvalue weighted by Gasteiger charge is 2.27. The average molecular weight is 345 g/mol. The van der Waals surface area contributed by atoms with E-state index in [9.17, 15) is 13.2 Å². The molecule has 0 unspecified atom stereocenters. The van der Waals surface area contributed by atoms with Crippen LogP contribution in [-0.2, 0) is 10.0 Å². The lowest BCUT2D eigenvalue weighted by molar-refractivity contribution is 0.0887. The molecule has 6 heteroatoms. The van der Waals surface area contributed by atoms with E-state index in [-0.39, 0.29) is 4.90 Å². The lowest BCUT2D eigenvalue weighted by Crippen LogP contribution is -2.32. The van der Waals surface area contributed by atoms with Gasteiger partial charge in [0.25, 0.3) is 15.9 Å². The van der Waals surface area contributed by atoms with Gasteiger partial charge in [-0.3, -0.25) is 4.79 Å². The minimum Gasteiger partial charge on any atom is -0.267 e. The Morgan fingerprint density at radius 2 is 1.70 bits per heavy atom. The highest BCUT2D eigenvalue weighted by molar-refractivity contribution is 7.89. The number of nitrogens with zero attached hydrogens (tertiary/aromatic N) is 1. The molecule has 0 bridgehead atoms. The van der Waals surface area contributed by atoms with Crippen LogP contribution in [0.1, 0.15) is 15.2 Å². The van der Waals surface area contributed by atoms with Crippen LogP contribution in [0, 0.1) is 6.92 Å². The smallest absolute Gasteiger partial charge is 0.267 e. The molecular formula is C17H15NO3S2. The SMILES string of the molecule is Cc1ccc(S(=O)(=O)N(C)C(=O)c2cc3ccccc3s2)cc1. The van der Waals surface area contributed by atoms with Gasteiger partial charge < -0.3 is 0 Å². The minimum atomic E-state index is -3.85. The summed E-state index contributed by atoms with van der Waals surface area (Å²) in [7, 11) is -2.56. The summed E-state index contributed by atoms with van der Waals surface area (Å²) in [5.74, 6) is -0.522. The first-order chi connectivity index (χ1) is 10.9. The van der Waals surface area contributed by atoms with Crippen LogP contribution in [0.3, 0.4) is 0 Å². The second kappa shape index (κ2) is 5.79. The van der Waals surface area contributed by atoms with Crippen molar-refractivity contribution < 1.29 is 13.2 Å². The van der Waals surface area contributed by atoms with Crippen LogP contribution in [0.2, 0.25) is 0 Å². The average Bonchev–Trinajstić information content (AvgIpc) is 2.98. The number of amides is 1. The van der Waals surface area contributed by atoms with E-state index >= 15 is 0 Å². The Labute approximate surface area is 139 Å². The van der Waals surface area contributed by atoms with E-state index in [4.69, 9.17) is 0 Å². The van der Waals surface area contributed by atoms with Crippen molar-refractivity contribution in [2.75, 3.05) is 7.05 Å². The van der Waals surface area contributed by atoms with Crippen LogP contribution >= 0.6 is 11.3 Å². The van der Waals surface area contributed by atoms with Crippen molar-refractivity contribution in [3.63, 3.8) is 0 Å². The summed E-state index contributed by atoms with van der Waals surface area (Å²) in [6, 6.07) is 15.8. The zero-order valence-electron chi connectivity index (χ0n) is 12.7. The van der Waals surface area contributed by atoms with Crippen LogP contribution < -0.4 is 0 Å². The predicted molar refractivity (Wildman–Crippen MR) is 92.3 cm³/mol. The lowest BCUT2D eigenvalue weighted by atomic mass is 10.2. The molecule has 0 atom stereocenters. The summed E-state index contributed by atoms with van der Waals surface area (Å²) in [5, 5.41) is 0.932. The number of sulfonamides is 1. The molecule has 0 spiro atoms. The van der Waals surface area contributed by atoms with Gasteiger partial charge in [0.2, 0.25) is 0 Å². The number of carbonyl (C=O) groups is 1. The number of hydrogen-bond acceptors (Lipinski definition) is 4. The molecule has 0 N–H and O–H groups in total. The van der Waals surface area contributed by atoms with Crippen molar-refractivity contribution in [3.05, 3.63) is 65.0 Å². The maximum atomic E-state index is 12.6. The highest BCUT2D eigenvalue weighted by atomic mass is 32.2. The molecular weight excluding hydrogens is 330 g/mol. The quantitative estimate of drug-likeness (QED) is 0.728. The van der Waals surface area contributed by atoms with Crippen LogP contribution in [-0.4, -0.2) is 25.7 Å². The Kier molecular flexibility index (Phi) is 3.95. The molecule has 23 heavy (non-hydrogen) atoms. The zero-order chi connectivity index (χ0) is 16.6. The molecule has 118 valence electrons. The number of rotatable bonds is 3. The van der Waals surface area contributed by atoms with Crippen molar-refractivity contribution in [2.45, 2.75) is 11.8 Å². The number of carbonyl (C=O) groups excluding carboxylic acids is 1. The first-order valence-corrected chi connectivity index (χ1v) is 9.24. The molecule has 3 rings (SSSR count). The Hall–Kier alpha value is -2.18. The maximum Gasteiger partial charge on any atom is 0.277 e. The van der Waals surface area contributed by atoms with Crippen LogP contribution in [0.4, 0.5) is 0 Å². The fraction of sp³-hybridized carbons (Fsp3) is 0.118. The summed E-state index contributed by atoms with van der Waals surface area (Å²) in [6.45, 7) is 1.88. The first kappa shape index (κ1) is 15.7. The summed E-state index contributed by atoms with van der Waals surface area (Å²) >= 11 is 1.29. The molecule has 1 aromatic heterocycles. The molecule has 4 nitrogen and oxygen atoms in total. The van der Waals surface area contributed by atoms with E-state index in [2.05, 4.69) is 0 Å². The van der Waals surface area contributed by atoms with Crippen molar-refractivity contribution >= 4 is 37.4 Å². The number of aryl methyl sites for hydroxylation is 1. The molecule has 0 aliphatic heterocycles. The Bertz CT molecular complexity index is 940. The monoisotopic (exact) mass is 345 g/mol. The molecule has 0 saturated carbocycles. The van der Waals surface area contributed by atoms with Gasteiger partial charge in [-0.25, -0.2) is 12.7 Å². The van der Waals surface area contributed by atoms with Crippen LogP contribution in [0.5, 0.6) is 0 Å². The third kappa shape index (κ3) is 2.87. The molecule has 2 aromatic carbocycles. The maximum absolute atomic E-state index is 12.6. The van der Waals surface area contributed by atoms with E-state index in [1.807, 2.05) is 31.2 Å². The topological polar surface area (TPSA) is 54.5 Å². The number of hydrogen-bond donors (Lipinski definition) is 0. The summed E-state index contributed by atoms with van der Waals surface area (Å²) in [6.07, 6.45) is 0. The van der Waals surface area contributed by atoms with Gasteiger partial charge in [0.15, 0.2) is 0 Å². The van der Waals surface area contributed by atoms with E-state index in [1.165, 1.54) is 30.5 Å². The summed E-state index contributed by atoms with van der Waals surface area (Å²) < 4.78 is 26.9. The van der Waals surface area contributed by atoms with Gasteiger partial charge in [0.1, 0.15) is 0 Å². The molecule has 0 radical (unpaired) electrons. The van der Waals surface area contributed by atoms with Crippen molar-refractivity contribution in [1.82, 2.24) is 4.31 Å². The van der Waals surface area contributed by atoms with Crippen molar-refractivity contribution in [3.8, 4) is 0 Å². The predicted octanol–water partition coefficient (Wildman–Crippen LogP) is 3.67. The zero-order valence-corrected chi connectivity index (χ0v) is 14.3. The molecule has 0 aliphatic rings. The Balaban J connectivity index is 1.96. The number of benzene rings is 2. The molecule has 3 aromatic rings. The number of thiophene rings is 1.